The van der Waals surface area contributed by atoms with Crippen LogP contribution in [0.25, 0.3) is 0 Å². The van der Waals surface area contributed by atoms with Gasteiger partial charge in [-0.25, -0.2) is 13.1 Å². The van der Waals surface area contributed by atoms with Crippen molar-refractivity contribution in [3.63, 3.8) is 0 Å². The molecule has 1 aromatic carbocycles. The molecule has 0 aliphatic carbocycles. The SMILES string of the molecule is CCC(C)c1ccc(S(=O)(=O)NC(C)COC)cc1. The van der Waals surface area contributed by atoms with Gasteiger partial charge < -0.3 is 4.74 Å². The van der Waals surface area contributed by atoms with Crippen LogP contribution in [0.3, 0.4) is 0 Å². The molecule has 1 aromatic rings. The molecule has 0 fully saturated rings. The molecule has 0 aliphatic heterocycles. The number of rotatable bonds is 7. The molecule has 0 amide bonds. The summed E-state index contributed by atoms with van der Waals surface area (Å²) in [4.78, 5) is 0.294. The van der Waals surface area contributed by atoms with E-state index < -0.39 is 10.0 Å². The minimum Gasteiger partial charge on any atom is -0.383 e. The van der Waals surface area contributed by atoms with Gasteiger partial charge in [-0.2, -0.15) is 0 Å². The van der Waals surface area contributed by atoms with Crippen LogP contribution in [0, 0.1) is 0 Å². The Hall–Kier alpha value is -0.910. The first kappa shape index (κ1) is 16.1. The van der Waals surface area contributed by atoms with Crippen LogP contribution in [0.1, 0.15) is 38.7 Å². The lowest BCUT2D eigenvalue weighted by atomic mass is 9.99. The van der Waals surface area contributed by atoms with Crippen molar-refractivity contribution in [1.82, 2.24) is 4.72 Å². The van der Waals surface area contributed by atoms with Gasteiger partial charge in [-0.05, 0) is 37.0 Å². The van der Waals surface area contributed by atoms with Crippen molar-refractivity contribution in [1.29, 1.82) is 0 Å². The summed E-state index contributed by atoms with van der Waals surface area (Å²) in [6, 6.07) is 6.82. The number of hydrogen-bond donors (Lipinski definition) is 1. The Morgan fingerprint density at radius 2 is 1.79 bits per heavy atom. The second kappa shape index (κ2) is 7.03. The van der Waals surface area contributed by atoms with E-state index in [1.54, 1.807) is 26.2 Å². The van der Waals surface area contributed by atoms with Gasteiger partial charge in [-0.1, -0.05) is 26.0 Å². The third kappa shape index (κ3) is 4.60. The van der Waals surface area contributed by atoms with E-state index in [0.29, 0.717) is 17.4 Å². The van der Waals surface area contributed by atoms with Gasteiger partial charge >= 0.3 is 0 Å². The minimum atomic E-state index is -3.46. The third-order valence-corrected chi connectivity index (χ3v) is 4.75. The zero-order chi connectivity index (χ0) is 14.5. The molecule has 1 rings (SSSR count). The maximum atomic E-state index is 12.1. The van der Waals surface area contributed by atoms with Crippen molar-refractivity contribution in [3.05, 3.63) is 29.8 Å². The Morgan fingerprint density at radius 3 is 2.26 bits per heavy atom. The van der Waals surface area contributed by atoms with Crippen molar-refractivity contribution in [2.24, 2.45) is 0 Å². The number of methoxy groups -OCH3 is 1. The van der Waals surface area contributed by atoms with Gasteiger partial charge in [0, 0.05) is 13.2 Å². The summed E-state index contributed by atoms with van der Waals surface area (Å²) in [7, 11) is -1.91. The third-order valence-electron chi connectivity index (χ3n) is 3.14. The molecule has 4 nitrogen and oxygen atoms in total. The summed E-state index contributed by atoms with van der Waals surface area (Å²) in [5.41, 5.74) is 1.16. The van der Waals surface area contributed by atoms with E-state index in [9.17, 15) is 8.42 Å². The lowest BCUT2D eigenvalue weighted by Gasteiger charge is -2.14. The fourth-order valence-corrected chi connectivity index (χ4v) is 3.06. The molecule has 108 valence electrons. The molecule has 1 N–H and O–H groups in total. The molecular weight excluding hydrogens is 262 g/mol. The van der Waals surface area contributed by atoms with Crippen molar-refractivity contribution in [2.75, 3.05) is 13.7 Å². The monoisotopic (exact) mass is 285 g/mol. The first-order valence-corrected chi connectivity index (χ1v) is 8.00. The lowest BCUT2D eigenvalue weighted by Crippen LogP contribution is -2.35. The highest BCUT2D eigenvalue weighted by Gasteiger charge is 2.17. The standard InChI is InChI=1S/C14H23NO3S/c1-5-11(2)13-6-8-14(9-7-13)19(16,17)15-12(3)10-18-4/h6-9,11-12,15H,5,10H2,1-4H3. The lowest BCUT2D eigenvalue weighted by molar-refractivity contribution is 0.180. The summed E-state index contributed by atoms with van der Waals surface area (Å²) in [6.45, 7) is 6.37. The summed E-state index contributed by atoms with van der Waals surface area (Å²) in [6.07, 6.45) is 1.04. The zero-order valence-electron chi connectivity index (χ0n) is 12.0. The van der Waals surface area contributed by atoms with Crippen LogP contribution >= 0.6 is 0 Å². The summed E-state index contributed by atoms with van der Waals surface area (Å²) in [5, 5.41) is 0. The van der Waals surface area contributed by atoms with Crippen LogP contribution in [-0.2, 0) is 14.8 Å². The van der Waals surface area contributed by atoms with Gasteiger partial charge in [-0.3, -0.25) is 0 Å². The van der Waals surface area contributed by atoms with E-state index in [2.05, 4.69) is 18.6 Å². The highest BCUT2D eigenvalue weighted by Crippen LogP contribution is 2.20. The molecule has 0 aromatic heterocycles. The normalized spacial score (nSPS) is 15.2. The summed E-state index contributed by atoms with van der Waals surface area (Å²) >= 11 is 0. The van der Waals surface area contributed by atoms with E-state index in [4.69, 9.17) is 4.74 Å². The second-order valence-corrected chi connectivity index (χ2v) is 6.57. The van der Waals surface area contributed by atoms with Gasteiger partial charge in [0.05, 0.1) is 11.5 Å². The molecule has 0 heterocycles. The number of nitrogens with one attached hydrogen (secondary N) is 1. The molecule has 0 aliphatic rings. The van der Waals surface area contributed by atoms with Gasteiger partial charge in [-0.15, -0.1) is 0 Å². The van der Waals surface area contributed by atoms with E-state index in [-0.39, 0.29) is 6.04 Å². The van der Waals surface area contributed by atoms with Crippen molar-refractivity contribution < 1.29 is 13.2 Å². The van der Waals surface area contributed by atoms with Crippen LogP contribution in [0.2, 0.25) is 0 Å². The van der Waals surface area contributed by atoms with Crippen molar-refractivity contribution >= 4 is 10.0 Å². The van der Waals surface area contributed by atoms with Crippen molar-refractivity contribution in [2.45, 2.75) is 44.0 Å². The highest BCUT2D eigenvalue weighted by molar-refractivity contribution is 7.89. The molecule has 0 saturated carbocycles. The number of sulfonamides is 1. The predicted octanol–water partition coefficient (Wildman–Crippen LogP) is 2.51. The highest BCUT2D eigenvalue weighted by atomic mass is 32.2. The first-order chi connectivity index (χ1) is 8.90. The second-order valence-electron chi connectivity index (χ2n) is 4.86. The topological polar surface area (TPSA) is 55.4 Å². The molecule has 0 spiro atoms. The van der Waals surface area contributed by atoms with Crippen LogP contribution < -0.4 is 4.72 Å². The van der Waals surface area contributed by atoms with Crippen molar-refractivity contribution in [3.8, 4) is 0 Å². The van der Waals surface area contributed by atoms with Crippen LogP contribution in [0.15, 0.2) is 29.2 Å². The molecule has 2 unspecified atom stereocenters. The average Bonchev–Trinajstić information content (AvgIpc) is 2.37. The predicted molar refractivity (Wildman–Crippen MR) is 76.8 cm³/mol. The van der Waals surface area contributed by atoms with Crippen LogP contribution in [0.4, 0.5) is 0 Å². The Morgan fingerprint density at radius 1 is 1.21 bits per heavy atom. The molecule has 5 heteroatoms. The van der Waals surface area contributed by atoms with Crippen LogP contribution in [-0.4, -0.2) is 28.2 Å². The zero-order valence-corrected chi connectivity index (χ0v) is 12.8. The van der Waals surface area contributed by atoms with E-state index >= 15 is 0 Å². The van der Waals surface area contributed by atoms with E-state index in [0.717, 1.165) is 12.0 Å². The maximum Gasteiger partial charge on any atom is 0.240 e. The Kier molecular flexibility index (Phi) is 5.97. The summed E-state index contributed by atoms with van der Waals surface area (Å²) < 4.78 is 31.7. The van der Waals surface area contributed by atoms with Gasteiger partial charge in [0.2, 0.25) is 10.0 Å². The van der Waals surface area contributed by atoms with E-state index in [1.807, 2.05) is 12.1 Å². The number of hydrogen-bond acceptors (Lipinski definition) is 3. The molecule has 2 atom stereocenters. The molecule has 0 saturated heterocycles. The number of benzene rings is 1. The molecule has 0 bridgehead atoms. The molecule has 0 radical (unpaired) electrons. The fourth-order valence-electron chi connectivity index (χ4n) is 1.83. The maximum absolute atomic E-state index is 12.1. The largest absolute Gasteiger partial charge is 0.383 e. The van der Waals surface area contributed by atoms with Crippen LogP contribution in [0.5, 0.6) is 0 Å². The average molecular weight is 285 g/mol. The van der Waals surface area contributed by atoms with Gasteiger partial charge in [0.1, 0.15) is 0 Å². The quantitative estimate of drug-likeness (QED) is 0.837. The molecular formula is C14H23NO3S. The minimum absolute atomic E-state index is 0.246. The Balaban J connectivity index is 2.85. The first-order valence-electron chi connectivity index (χ1n) is 6.52. The van der Waals surface area contributed by atoms with Gasteiger partial charge in [0.25, 0.3) is 0 Å². The smallest absolute Gasteiger partial charge is 0.240 e. The summed E-state index contributed by atoms with van der Waals surface area (Å²) in [5.74, 6) is 0.442. The fraction of sp³-hybridized carbons (Fsp3) is 0.571. The van der Waals surface area contributed by atoms with E-state index in [1.165, 1.54) is 0 Å². The number of ether oxygens (including phenoxy) is 1. The molecule has 19 heavy (non-hydrogen) atoms. The Labute approximate surface area is 116 Å². The van der Waals surface area contributed by atoms with Gasteiger partial charge in [0.15, 0.2) is 0 Å². The Bertz CT molecular complexity index is 482.